The van der Waals surface area contributed by atoms with Crippen molar-refractivity contribution in [2.75, 3.05) is 18.4 Å². The number of nitrogens with one attached hydrogen (secondary N) is 1. The summed E-state index contributed by atoms with van der Waals surface area (Å²) in [6.07, 6.45) is 3.48. The molecule has 0 bridgehead atoms. The van der Waals surface area contributed by atoms with Crippen LogP contribution in [-0.2, 0) is 4.79 Å². The molecule has 3 N–H and O–H groups in total. The topological polar surface area (TPSA) is 80.2 Å². The molecule has 2 aromatic carbocycles. The minimum Gasteiger partial charge on any atom is -0.445 e. The number of thiol groups is 1. The van der Waals surface area contributed by atoms with Gasteiger partial charge < -0.3 is 15.8 Å². The van der Waals surface area contributed by atoms with Crippen molar-refractivity contribution in [1.29, 1.82) is 0 Å². The molecule has 0 spiro atoms. The summed E-state index contributed by atoms with van der Waals surface area (Å²) in [5.74, 6) is -0.308. The summed E-state index contributed by atoms with van der Waals surface area (Å²) in [6, 6.07) is 14.9. The molecule has 1 amide bonds. The van der Waals surface area contributed by atoms with Gasteiger partial charge in [-0.1, -0.05) is 26.0 Å². The number of hydrogen-bond acceptors (Lipinski definition) is 5. The van der Waals surface area contributed by atoms with Gasteiger partial charge in [-0.2, -0.15) is 17.2 Å². The van der Waals surface area contributed by atoms with Gasteiger partial charge in [-0.3, -0.25) is 9.78 Å². The Morgan fingerprint density at radius 3 is 2.72 bits per heavy atom. The van der Waals surface area contributed by atoms with Gasteiger partial charge in [-0.15, -0.1) is 0 Å². The Morgan fingerprint density at radius 1 is 1.22 bits per heavy atom. The zero-order valence-corrected chi connectivity index (χ0v) is 18.9. The molecule has 1 aliphatic rings. The average molecular weight is 454 g/mol. The minimum atomic E-state index is -0.475. The maximum Gasteiger partial charge on any atom is 0.318 e. The fourth-order valence-corrected chi connectivity index (χ4v) is 2.83. The van der Waals surface area contributed by atoms with E-state index in [9.17, 15) is 9.18 Å². The quantitative estimate of drug-likeness (QED) is 0.228. The third-order valence-corrected chi connectivity index (χ3v) is 4.21. The number of rotatable bonds is 6. The van der Waals surface area contributed by atoms with Crippen molar-refractivity contribution in [2.24, 2.45) is 5.73 Å². The lowest BCUT2D eigenvalue weighted by Crippen LogP contribution is -2.20. The van der Waals surface area contributed by atoms with Gasteiger partial charge in [0.1, 0.15) is 11.6 Å². The van der Waals surface area contributed by atoms with Crippen LogP contribution in [0.3, 0.4) is 0 Å². The Balaban J connectivity index is 0.000000668. The summed E-state index contributed by atoms with van der Waals surface area (Å²) in [5, 5.41) is 4.17. The van der Waals surface area contributed by atoms with Crippen molar-refractivity contribution in [3.8, 4) is 5.75 Å². The van der Waals surface area contributed by atoms with Crippen LogP contribution < -0.4 is 15.8 Å². The second-order valence-electron chi connectivity index (χ2n) is 7.34. The highest BCUT2D eigenvalue weighted by atomic mass is 32.1. The highest BCUT2D eigenvalue weighted by Gasteiger charge is 2.37. The predicted molar refractivity (Wildman–Crippen MR) is 129 cm³/mol. The molecule has 0 fully saturated rings. The molecule has 0 saturated heterocycles. The Kier molecular flexibility index (Phi) is 7.97. The molecule has 2 heterocycles. The van der Waals surface area contributed by atoms with Gasteiger partial charge >= 0.3 is 5.70 Å². The molecular weight excluding hydrogens is 427 g/mol. The standard InChI is InChI=1S/C21H17FN4O2.C3H8S/c22-15-4-1-5-16(11-15)25-21(27)20(19-13-26(19)10-8-23)28-17-7-6-14-3-2-9-24-18(14)12-17;1-3(2)4/h1-7,9,11-13H,8,10,23H2;3-4H,1-2H3/p+1/b20-19-;. The Hall–Kier alpha value is -3.23. The normalized spacial score (nSPS) is 13.8. The maximum absolute atomic E-state index is 13.4. The predicted octanol–water partition coefficient (Wildman–Crippen LogP) is 3.98. The van der Waals surface area contributed by atoms with E-state index in [4.69, 9.17) is 10.5 Å². The third-order valence-electron chi connectivity index (χ3n) is 4.21. The SMILES string of the molecule is CC(C)S.NCC[N+]1=CC/1=C(/Oc1ccc2cccnc2c1)C(=O)Nc1cccc(F)c1. The molecule has 166 valence electrons. The number of anilines is 1. The number of carbonyl (C=O) groups excluding carboxylic acids is 1. The monoisotopic (exact) mass is 453 g/mol. The summed E-state index contributed by atoms with van der Waals surface area (Å²) in [5.41, 5.74) is 7.33. The second-order valence-corrected chi connectivity index (χ2v) is 8.38. The number of nitrogens with zero attached hydrogens (tertiary/aromatic N) is 2. The van der Waals surface area contributed by atoms with E-state index in [1.54, 1.807) is 30.6 Å². The van der Waals surface area contributed by atoms with Gasteiger partial charge in [0.2, 0.25) is 6.21 Å². The first-order chi connectivity index (χ1) is 15.4. The number of nitrogens with two attached hydrogens (primary N) is 1. The van der Waals surface area contributed by atoms with Crippen molar-refractivity contribution in [1.82, 2.24) is 4.98 Å². The van der Waals surface area contributed by atoms with Crippen LogP contribution in [0.25, 0.3) is 10.9 Å². The molecule has 6 nitrogen and oxygen atoms in total. The highest BCUT2D eigenvalue weighted by molar-refractivity contribution is 7.80. The maximum atomic E-state index is 13.4. The zero-order chi connectivity index (χ0) is 23.1. The molecule has 4 rings (SSSR count). The molecule has 0 atom stereocenters. The van der Waals surface area contributed by atoms with Crippen LogP contribution in [0.5, 0.6) is 5.75 Å². The van der Waals surface area contributed by atoms with Crippen LogP contribution in [0.2, 0.25) is 0 Å². The molecule has 3 aromatic rings. The zero-order valence-electron chi connectivity index (χ0n) is 18.0. The highest BCUT2D eigenvalue weighted by Crippen LogP contribution is 2.24. The lowest BCUT2D eigenvalue weighted by molar-refractivity contribution is -0.402. The largest absolute Gasteiger partial charge is 0.445 e. The first kappa shape index (κ1) is 23.4. The van der Waals surface area contributed by atoms with Crippen molar-refractivity contribution in [3.05, 3.63) is 78.1 Å². The van der Waals surface area contributed by atoms with Gasteiger partial charge in [0, 0.05) is 23.3 Å². The molecule has 1 aliphatic heterocycles. The van der Waals surface area contributed by atoms with Gasteiger partial charge in [0.25, 0.3) is 11.7 Å². The van der Waals surface area contributed by atoms with Crippen LogP contribution in [0, 0.1) is 5.82 Å². The number of amides is 1. The van der Waals surface area contributed by atoms with Crippen LogP contribution in [-0.4, -0.2) is 40.0 Å². The average Bonchev–Trinajstić information content (AvgIpc) is 3.50. The minimum absolute atomic E-state index is 0.119. The number of benzene rings is 2. The van der Waals surface area contributed by atoms with Crippen LogP contribution in [0.1, 0.15) is 13.8 Å². The van der Waals surface area contributed by atoms with Gasteiger partial charge in [-0.25, -0.2) is 4.39 Å². The van der Waals surface area contributed by atoms with Gasteiger partial charge in [0.15, 0.2) is 6.54 Å². The first-order valence-electron chi connectivity index (χ1n) is 10.2. The molecule has 0 saturated carbocycles. The summed E-state index contributed by atoms with van der Waals surface area (Å²) < 4.78 is 21.2. The number of carbonyl (C=O) groups is 1. The number of allylic oxidation sites excluding steroid dienone is 1. The third kappa shape index (κ3) is 6.63. The summed E-state index contributed by atoms with van der Waals surface area (Å²) in [6.45, 7) is 5.08. The number of fused-ring (bicyclic) bond motifs is 1. The van der Waals surface area contributed by atoms with E-state index in [0.29, 0.717) is 35.5 Å². The van der Waals surface area contributed by atoms with E-state index in [0.717, 1.165) is 10.9 Å². The molecule has 0 aliphatic carbocycles. The lowest BCUT2D eigenvalue weighted by Gasteiger charge is -2.09. The first-order valence-corrected chi connectivity index (χ1v) is 10.7. The molecule has 0 unspecified atom stereocenters. The Bertz CT molecular complexity index is 1170. The molecule has 1 aromatic heterocycles. The fourth-order valence-electron chi connectivity index (χ4n) is 2.83. The van der Waals surface area contributed by atoms with E-state index in [1.807, 2.05) is 36.6 Å². The number of pyridine rings is 1. The van der Waals surface area contributed by atoms with Gasteiger partial charge in [-0.05, 0) is 41.6 Å². The summed E-state index contributed by atoms with van der Waals surface area (Å²) in [7, 11) is 0. The lowest BCUT2D eigenvalue weighted by atomic mass is 10.2. The van der Waals surface area contributed by atoms with E-state index in [-0.39, 0.29) is 5.76 Å². The van der Waals surface area contributed by atoms with E-state index in [1.165, 1.54) is 18.2 Å². The van der Waals surface area contributed by atoms with Crippen LogP contribution in [0.15, 0.2) is 72.3 Å². The van der Waals surface area contributed by atoms with Crippen molar-refractivity contribution in [3.63, 3.8) is 0 Å². The van der Waals surface area contributed by atoms with Crippen molar-refractivity contribution < 1.29 is 18.5 Å². The number of aromatic nitrogens is 1. The molecular formula is C24H26FN4O2S+. The van der Waals surface area contributed by atoms with E-state index >= 15 is 0 Å². The van der Waals surface area contributed by atoms with Crippen molar-refractivity contribution in [2.45, 2.75) is 19.1 Å². The number of hydrogen-bond donors (Lipinski definition) is 3. The number of ether oxygens (including phenoxy) is 1. The van der Waals surface area contributed by atoms with Crippen molar-refractivity contribution >= 4 is 41.3 Å². The van der Waals surface area contributed by atoms with E-state index < -0.39 is 11.7 Å². The molecule has 8 heteroatoms. The Labute approximate surface area is 192 Å². The van der Waals surface area contributed by atoms with E-state index in [2.05, 4.69) is 22.9 Å². The molecule has 0 radical (unpaired) electrons. The molecule has 32 heavy (non-hydrogen) atoms. The van der Waals surface area contributed by atoms with Crippen LogP contribution >= 0.6 is 12.6 Å². The number of halogens is 1. The van der Waals surface area contributed by atoms with Crippen LogP contribution in [0.4, 0.5) is 10.1 Å². The Morgan fingerprint density at radius 2 is 2.00 bits per heavy atom. The summed E-state index contributed by atoms with van der Waals surface area (Å²) >= 11 is 3.97. The smallest absolute Gasteiger partial charge is 0.318 e. The second kappa shape index (κ2) is 10.9. The summed E-state index contributed by atoms with van der Waals surface area (Å²) in [4.78, 5) is 17.1. The van der Waals surface area contributed by atoms with Gasteiger partial charge in [0.05, 0.1) is 12.1 Å². The fraction of sp³-hybridized carbons (Fsp3) is 0.208.